The van der Waals surface area contributed by atoms with Crippen molar-refractivity contribution in [3.63, 3.8) is 0 Å². The molecule has 0 amide bonds. The van der Waals surface area contributed by atoms with E-state index in [1.165, 1.54) is 0 Å². The van der Waals surface area contributed by atoms with Crippen molar-refractivity contribution in [3.05, 3.63) is 34.9 Å². The Morgan fingerprint density at radius 1 is 1.28 bits per heavy atom. The van der Waals surface area contributed by atoms with Gasteiger partial charge in [-0.15, -0.1) is 0 Å². The SMILES string of the molecule is CN(Cc1ccccc1Cl)C(CN)CC(C)(C)C. The summed E-state index contributed by atoms with van der Waals surface area (Å²) in [5, 5.41) is 0.830. The summed E-state index contributed by atoms with van der Waals surface area (Å²) in [6.45, 7) is 8.27. The molecule has 1 aromatic rings. The fraction of sp³-hybridized carbons (Fsp3) is 0.600. The Labute approximate surface area is 116 Å². The molecule has 1 rings (SSSR count). The van der Waals surface area contributed by atoms with Gasteiger partial charge in [-0.25, -0.2) is 0 Å². The molecule has 3 heteroatoms. The zero-order valence-corrected chi connectivity index (χ0v) is 12.7. The van der Waals surface area contributed by atoms with Crippen LogP contribution < -0.4 is 5.73 Å². The van der Waals surface area contributed by atoms with Crippen molar-refractivity contribution in [2.24, 2.45) is 11.1 Å². The predicted octanol–water partition coefficient (Wildman–Crippen LogP) is 3.54. The maximum atomic E-state index is 6.19. The predicted molar refractivity (Wildman–Crippen MR) is 79.8 cm³/mol. The van der Waals surface area contributed by atoms with Crippen molar-refractivity contribution < 1.29 is 0 Å². The summed E-state index contributed by atoms with van der Waals surface area (Å²) in [6.07, 6.45) is 1.09. The first-order valence-electron chi connectivity index (χ1n) is 6.47. The Bertz CT molecular complexity index is 371. The Hall–Kier alpha value is -0.570. The average molecular weight is 269 g/mol. The van der Waals surface area contributed by atoms with E-state index in [1.54, 1.807) is 0 Å². The van der Waals surface area contributed by atoms with Crippen molar-refractivity contribution in [1.29, 1.82) is 0 Å². The lowest BCUT2D eigenvalue weighted by molar-refractivity contribution is 0.177. The third-order valence-corrected chi connectivity index (χ3v) is 3.49. The molecular formula is C15H25ClN2. The third kappa shape index (κ3) is 4.97. The molecule has 0 spiro atoms. The normalized spacial score (nSPS) is 13.9. The van der Waals surface area contributed by atoms with Gasteiger partial charge in [-0.1, -0.05) is 50.6 Å². The van der Waals surface area contributed by atoms with Gasteiger partial charge in [0.15, 0.2) is 0 Å². The maximum absolute atomic E-state index is 6.19. The second-order valence-corrected chi connectivity index (χ2v) is 6.57. The minimum atomic E-state index is 0.290. The van der Waals surface area contributed by atoms with Gasteiger partial charge in [0.2, 0.25) is 0 Å². The molecule has 18 heavy (non-hydrogen) atoms. The quantitative estimate of drug-likeness (QED) is 0.885. The van der Waals surface area contributed by atoms with Crippen LogP contribution in [0.4, 0.5) is 0 Å². The highest BCUT2D eigenvalue weighted by Gasteiger charge is 2.21. The van der Waals surface area contributed by atoms with Gasteiger partial charge in [0.05, 0.1) is 0 Å². The number of likely N-dealkylation sites (N-methyl/N-ethyl adjacent to an activating group) is 1. The minimum absolute atomic E-state index is 0.290. The Kier molecular flexibility index (Phi) is 5.64. The second kappa shape index (κ2) is 6.55. The summed E-state index contributed by atoms with van der Waals surface area (Å²) in [4.78, 5) is 2.30. The van der Waals surface area contributed by atoms with E-state index >= 15 is 0 Å². The van der Waals surface area contributed by atoms with Crippen molar-refractivity contribution >= 4 is 11.6 Å². The van der Waals surface area contributed by atoms with E-state index < -0.39 is 0 Å². The summed E-state index contributed by atoms with van der Waals surface area (Å²) in [7, 11) is 2.12. The molecule has 0 heterocycles. The van der Waals surface area contributed by atoms with Crippen LogP contribution in [0.2, 0.25) is 5.02 Å². The minimum Gasteiger partial charge on any atom is -0.329 e. The molecule has 0 bridgehead atoms. The molecule has 2 N–H and O–H groups in total. The number of hydrogen-bond donors (Lipinski definition) is 1. The molecule has 0 aromatic heterocycles. The van der Waals surface area contributed by atoms with E-state index in [4.69, 9.17) is 17.3 Å². The van der Waals surface area contributed by atoms with Crippen molar-refractivity contribution in [2.45, 2.75) is 39.8 Å². The molecule has 0 aliphatic heterocycles. The zero-order valence-electron chi connectivity index (χ0n) is 11.9. The van der Waals surface area contributed by atoms with E-state index in [9.17, 15) is 0 Å². The molecule has 1 atom stereocenters. The molecule has 0 saturated heterocycles. The topological polar surface area (TPSA) is 29.3 Å². The Morgan fingerprint density at radius 3 is 2.39 bits per heavy atom. The van der Waals surface area contributed by atoms with Gasteiger partial charge in [-0.05, 0) is 30.5 Å². The highest BCUT2D eigenvalue weighted by atomic mass is 35.5. The summed E-state index contributed by atoms with van der Waals surface area (Å²) in [6, 6.07) is 8.38. The van der Waals surface area contributed by atoms with Crippen LogP contribution in [0.5, 0.6) is 0 Å². The lowest BCUT2D eigenvalue weighted by atomic mass is 9.87. The molecule has 0 aliphatic carbocycles. The van der Waals surface area contributed by atoms with Gasteiger partial charge in [0, 0.05) is 24.2 Å². The number of halogens is 1. The van der Waals surface area contributed by atoms with Crippen LogP contribution in [0, 0.1) is 5.41 Å². The van der Waals surface area contributed by atoms with Crippen molar-refractivity contribution in [1.82, 2.24) is 4.90 Å². The van der Waals surface area contributed by atoms with Gasteiger partial charge in [0.25, 0.3) is 0 Å². The van der Waals surface area contributed by atoms with Gasteiger partial charge in [-0.3, -0.25) is 4.90 Å². The van der Waals surface area contributed by atoms with Crippen LogP contribution in [-0.2, 0) is 6.54 Å². The van der Waals surface area contributed by atoms with Crippen molar-refractivity contribution in [3.8, 4) is 0 Å². The van der Waals surface area contributed by atoms with E-state index in [-0.39, 0.29) is 0 Å². The second-order valence-electron chi connectivity index (χ2n) is 6.16. The first-order valence-corrected chi connectivity index (χ1v) is 6.85. The summed E-state index contributed by atoms with van der Waals surface area (Å²) >= 11 is 6.19. The Morgan fingerprint density at radius 2 is 1.89 bits per heavy atom. The Balaban J connectivity index is 2.68. The lowest BCUT2D eigenvalue weighted by Gasteiger charge is -2.32. The van der Waals surface area contributed by atoms with Gasteiger partial charge in [0.1, 0.15) is 0 Å². The van der Waals surface area contributed by atoms with Crippen LogP contribution in [0.1, 0.15) is 32.8 Å². The maximum Gasteiger partial charge on any atom is 0.0451 e. The molecule has 0 saturated carbocycles. The molecule has 0 fully saturated rings. The van der Waals surface area contributed by atoms with E-state index in [0.717, 1.165) is 23.6 Å². The number of nitrogens with zero attached hydrogens (tertiary/aromatic N) is 1. The molecule has 1 unspecified atom stereocenters. The largest absolute Gasteiger partial charge is 0.329 e. The van der Waals surface area contributed by atoms with Crippen LogP contribution in [-0.4, -0.2) is 24.5 Å². The van der Waals surface area contributed by atoms with Gasteiger partial charge >= 0.3 is 0 Å². The number of benzene rings is 1. The fourth-order valence-electron chi connectivity index (χ4n) is 2.15. The van der Waals surface area contributed by atoms with Crippen molar-refractivity contribution in [2.75, 3.05) is 13.6 Å². The lowest BCUT2D eigenvalue weighted by Crippen LogP contribution is -2.40. The van der Waals surface area contributed by atoms with E-state index in [1.807, 2.05) is 18.2 Å². The number of hydrogen-bond acceptors (Lipinski definition) is 2. The molecule has 0 aliphatic rings. The zero-order chi connectivity index (χ0) is 13.8. The molecular weight excluding hydrogens is 244 g/mol. The van der Waals surface area contributed by atoms with Crippen LogP contribution >= 0.6 is 11.6 Å². The van der Waals surface area contributed by atoms with Crippen LogP contribution in [0.25, 0.3) is 0 Å². The first-order chi connectivity index (χ1) is 8.33. The average Bonchev–Trinajstić information content (AvgIpc) is 2.27. The smallest absolute Gasteiger partial charge is 0.0451 e. The monoisotopic (exact) mass is 268 g/mol. The molecule has 2 nitrogen and oxygen atoms in total. The van der Waals surface area contributed by atoms with Gasteiger partial charge < -0.3 is 5.73 Å². The van der Waals surface area contributed by atoms with E-state index in [2.05, 4.69) is 38.8 Å². The fourth-order valence-corrected chi connectivity index (χ4v) is 2.35. The molecule has 1 aromatic carbocycles. The summed E-state index contributed by atoms with van der Waals surface area (Å²) in [5.74, 6) is 0. The van der Waals surface area contributed by atoms with E-state index in [0.29, 0.717) is 18.0 Å². The number of nitrogens with two attached hydrogens (primary N) is 1. The molecule has 102 valence electrons. The highest BCUT2D eigenvalue weighted by Crippen LogP contribution is 2.24. The molecule has 0 radical (unpaired) electrons. The van der Waals surface area contributed by atoms with Gasteiger partial charge in [-0.2, -0.15) is 0 Å². The summed E-state index contributed by atoms with van der Waals surface area (Å²) in [5.41, 5.74) is 7.35. The standard InChI is InChI=1S/C15H25ClN2/c1-15(2,3)9-13(10-17)18(4)11-12-7-5-6-8-14(12)16/h5-8,13H,9-11,17H2,1-4H3. The highest BCUT2D eigenvalue weighted by molar-refractivity contribution is 6.31. The third-order valence-electron chi connectivity index (χ3n) is 3.12. The van der Waals surface area contributed by atoms with Crippen LogP contribution in [0.3, 0.4) is 0 Å². The first kappa shape index (κ1) is 15.5. The summed E-state index contributed by atoms with van der Waals surface area (Å²) < 4.78 is 0. The number of rotatable bonds is 5. The van der Waals surface area contributed by atoms with Crippen LogP contribution in [0.15, 0.2) is 24.3 Å².